The molecule has 4 rings (SSSR count). The molecule has 2 N–H and O–H groups in total. The molecule has 0 saturated carbocycles. The lowest BCUT2D eigenvalue weighted by molar-refractivity contribution is 0.140. The average molecular weight is 410 g/mol. The summed E-state index contributed by atoms with van der Waals surface area (Å²) in [6.07, 6.45) is 3.03. The molecule has 30 heavy (non-hydrogen) atoms. The summed E-state index contributed by atoms with van der Waals surface area (Å²) in [7, 11) is 1.80. The van der Waals surface area contributed by atoms with Crippen LogP contribution in [0.2, 0.25) is 0 Å². The largest absolute Gasteiger partial charge is 0.493 e. The minimum atomic E-state index is 0.140. The molecule has 6 heteroatoms. The van der Waals surface area contributed by atoms with Crippen molar-refractivity contribution in [3.63, 3.8) is 0 Å². The van der Waals surface area contributed by atoms with Crippen LogP contribution in [0.3, 0.4) is 0 Å². The van der Waals surface area contributed by atoms with E-state index in [0.717, 1.165) is 62.0 Å². The molecule has 0 bridgehead atoms. The molecule has 2 aromatic carbocycles. The second-order valence-electron chi connectivity index (χ2n) is 7.86. The van der Waals surface area contributed by atoms with Crippen molar-refractivity contribution >= 4 is 5.96 Å². The Labute approximate surface area is 178 Å². The Morgan fingerprint density at radius 3 is 2.93 bits per heavy atom. The van der Waals surface area contributed by atoms with Gasteiger partial charge in [0.2, 0.25) is 0 Å². The second-order valence-corrected chi connectivity index (χ2v) is 7.86. The fraction of sp³-hybridized carbons (Fsp3) is 0.458. The summed E-state index contributed by atoms with van der Waals surface area (Å²) in [4.78, 5) is 4.36. The summed E-state index contributed by atoms with van der Waals surface area (Å²) in [6.45, 7) is 5.79. The lowest BCUT2D eigenvalue weighted by Crippen LogP contribution is -2.38. The van der Waals surface area contributed by atoms with E-state index in [1.807, 2.05) is 0 Å². The van der Waals surface area contributed by atoms with Crippen molar-refractivity contribution in [3.05, 3.63) is 58.7 Å². The first-order valence-electron chi connectivity index (χ1n) is 10.7. The van der Waals surface area contributed by atoms with Crippen LogP contribution >= 0.6 is 0 Å². The Bertz CT molecular complexity index is 891. The second kappa shape index (κ2) is 9.85. The predicted octanol–water partition coefficient (Wildman–Crippen LogP) is 3.01. The Morgan fingerprint density at radius 1 is 1.17 bits per heavy atom. The molecule has 0 aliphatic carbocycles. The van der Waals surface area contributed by atoms with Gasteiger partial charge in [-0.2, -0.15) is 0 Å². The lowest BCUT2D eigenvalue weighted by atomic mass is 10.1. The van der Waals surface area contributed by atoms with Gasteiger partial charge in [-0.25, -0.2) is 0 Å². The van der Waals surface area contributed by atoms with Crippen LogP contribution in [-0.4, -0.2) is 45.5 Å². The molecule has 2 heterocycles. The standard InChI is InChI=1S/C24H31N3O3/c1-17-3-5-20(23(13-17)30-21-9-11-28-16-21)15-27-24(25-2)26-10-7-18-4-6-22-19(14-18)8-12-29-22/h3-6,13-14,21H,7-12,15-16H2,1-2H3,(H2,25,26,27). The molecular weight excluding hydrogens is 378 g/mol. The number of hydrogen-bond donors (Lipinski definition) is 2. The fourth-order valence-corrected chi connectivity index (χ4v) is 3.82. The van der Waals surface area contributed by atoms with Crippen molar-refractivity contribution in [1.29, 1.82) is 0 Å². The van der Waals surface area contributed by atoms with E-state index in [1.54, 1.807) is 7.05 Å². The summed E-state index contributed by atoms with van der Waals surface area (Å²) in [5.74, 6) is 2.74. The quantitative estimate of drug-likeness (QED) is 0.544. The number of rotatable bonds is 7. The molecule has 2 aliphatic heterocycles. The zero-order valence-electron chi connectivity index (χ0n) is 17.9. The molecule has 2 aromatic rings. The smallest absolute Gasteiger partial charge is 0.191 e. The molecule has 0 radical (unpaired) electrons. The number of ether oxygens (including phenoxy) is 3. The van der Waals surface area contributed by atoms with Gasteiger partial charge in [0.15, 0.2) is 5.96 Å². The van der Waals surface area contributed by atoms with Crippen molar-refractivity contribution in [2.75, 3.05) is 33.4 Å². The number of aryl methyl sites for hydroxylation is 1. The van der Waals surface area contributed by atoms with E-state index in [9.17, 15) is 0 Å². The monoisotopic (exact) mass is 409 g/mol. The number of guanidine groups is 1. The third-order valence-electron chi connectivity index (χ3n) is 5.53. The van der Waals surface area contributed by atoms with E-state index in [2.05, 4.69) is 58.9 Å². The van der Waals surface area contributed by atoms with Gasteiger partial charge in [-0.15, -0.1) is 0 Å². The molecule has 1 atom stereocenters. The van der Waals surface area contributed by atoms with Gasteiger partial charge in [-0.1, -0.05) is 24.3 Å². The molecule has 0 amide bonds. The van der Waals surface area contributed by atoms with Crippen molar-refractivity contribution in [2.45, 2.75) is 38.8 Å². The number of nitrogens with zero attached hydrogens (tertiary/aromatic N) is 1. The van der Waals surface area contributed by atoms with Crippen molar-refractivity contribution in [1.82, 2.24) is 10.6 Å². The van der Waals surface area contributed by atoms with Crippen molar-refractivity contribution < 1.29 is 14.2 Å². The van der Waals surface area contributed by atoms with Crippen LogP contribution in [0, 0.1) is 6.92 Å². The van der Waals surface area contributed by atoms with Gasteiger partial charge in [-0.3, -0.25) is 4.99 Å². The minimum Gasteiger partial charge on any atom is -0.493 e. The van der Waals surface area contributed by atoms with E-state index < -0.39 is 0 Å². The lowest BCUT2D eigenvalue weighted by Gasteiger charge is -2.18. The van der Waals surface area contributed by atoms with Crippen molar-refractivity contribution in [2.24, 2.45) is 4.99 Å². The van der Waals surface area contributed by atoms with Gasteiger partial charge >= 0.3 is 0 Å². The van der Waals surface area contributed by atoms with Crippen LogP contribution < -0.4 is 20.1 Å². The van der Waals surface area contributed by atoms with E-state index in [1.165, 1.54) is 16.7 Å². The highest BCUT2D eigenvalue weighted by Crippen LogP contribution is 2.26. The summed E-state index contributed by atoms with van der Waals surface area (Å²) in [5, 5.41) is 6.81. The molecular formula is C24H31N3O3. The Balaban J connectivity index is 1.29. The summed E-state index contributed by atoms with van der Waals surface area (Å²) >= 11 is 0. The number of nitrogens with one attached hydrogen (secondary N) is 2. The Kier molecular flexibility index (Phi) is 6.74. The number of benzene rings is 2. The van der Waals surface area contributed by atoms with Crippen molar-refractivity contribution in [3.8, 4) is 11.5 Å². The Morgan fingerprint density at radius 2 is 2.10 bits per heavy atom. The summed E-state index contributed by atoms with van der Waals surface area (Å²) in [5.41, 5.74) is 4.94. The third-order valence-corrected chi connectivity index (χ3v) is 5.53. The maximum absolute atomic E-state index is 6.19. The molecule has 2 aliphatic rings. The molecule has 0 spiro atoms. The van der Waals surface area contributed by atoms with E-state index in [4.69, 9.17) is 14.2 Å². The fourth-order valence-electron chi connectivity index (χ4n) is 3.82. The van der Waals surface area contributed by atoms with Gasteiger partial charge in [0.1, 0.15) is 17.6 Å². The van der Waals surface area contributed by atoms with Crippen LogP contribution in [0.25, 0.3) is 0 Å². The first-order valence-corrected chi connectivity index (χ1v) is 10.7. The molecule has 6 nitrogen and oxygen atoms in total. The third kappa shape index (κ3) is 5.25. The van der Waals surface area contributed by atoms with Gasteiger partial charge in [0.05, 0.1) is 19.8 Å². The summed E-state index contributed by atoms with van der Waals surface area (Å²) in [6, 6.07) is 12.8. The van der Waals surface area contributed by atoms with Crippen LogP contribution in [-0.2, 0) is 24.1 Å². The number of aliphatic imine (C=N–C) groups is 1. The molecule has 160 valence electrons. The molecule has 1 unspecified atom stereocenters. The van der Waals surface area contributed by atoms with Crippen LogP contribution in [0.15, 0.2) is 41.4 Å². The van der Waals surface area contributed by atoms with Gasteiger partial charge < -0.3 is 24.8 Å². The van der Waals surface area contributed by atoms with E-state index in [0.29, 0.717) is 13.2 Å². The first-order chi connectivity index (χ1) is 14.7. The Hall–Kier alpha value is -2.73. The van der Waals surface area contributed by atoms with Crippen LogP contribution in [0.1, 0.15) is 28.7 Å². The zero-order valence-corrected chi connectivity index (χ0v) is 17.9. The highest BCUT2D eigenvalue weighted by Gasteiger charge is 2.19. The summed E-state index contributed by atoms with van der Waals surface area (Å²) < 4.78 is 17.2. The molecule has 0 aromatic heterocycles. The maximum atomic E-state index is 6.19. The van der Waals surface area contributed by atoms with Crippen LogP contribution in [0.5, 0.6) is 11.5 Å². The number of hydrogen-bond acceptors (Lipinski definition) is 4. The average Bonchev–Trinajstić information content (AvgIpc) is 3.43. The van der Waals surface area contributed by atoms with Crippen LogP contribution in [0.4, 0.5) is 0 Å². The topological polar surface area (TPSA) is 64.1 Å². The maximum Gasteiger partial charge on any atom is 0.191 e. The SMILES string of the molecule is CN=C(NCCc1ccc2c(c1)CCO2)NCc1ccc(C)cc1OC1CCOC1. The van der Waals surface area contributed by atoms with E-state index >= 15 is 0 Å². The zero-order chi connectivity index (χ0) is 20.8. The minimum absolute atomic E-state index is 0.140. The first kappa shape index (κ1) is 20.5. The predicted molar refractivity (Wildman–Crippen MR) is 119 cm³/mol. The highest BCUT2D eigenvalue weighted by atomic mass is 16.5. The normalized spacial score (nSPS) is 18.1. The molecule has 1 saturated heterocycles. The molecule has 1 fully saturated rings. The van der Waals surface area contributed by atoms with Gasteiger partial charge in [0.25, 0.3) is 0 Å². The van der Waals surface area contributed by atoms with Gasteiger partial charge in [-0.05, 0) is 42.2 Å². The highest BCUT2D eigenvalue weighted by molar-refractivity contribution is 5.79. The number of fused-ring (bicyclic) bond motifs is 1. The van der Waals surface area contributed by atoms with Gasteiger partial charge in [0, 0.05) is 38.5 Å². The van der Waals surface area contributed by atoms with E-state index in [-0.39, 0.29) is 6.10 Å².